The summed E-state index contributed by atoms with van der Waals surface area (Å²) in [5.74, 6) is 0.461. The molecule has 0 radical (unpaired) electrons. The molecule has 0 unspecified atom stereocenters. The maximum atomic E-state index is 12.2. The lowest BCUT2D eigenvalue weighted by atomic mass is 9.90. The van der Waals surface area contributed by atoms with Crippen molar-refractivity contribution >= 4 is 33.5 Å². The molecule has 1 aliphatic heterocycles. The Morgan fingerprint density at radius 3 is 2.76 bits per heavy atom. The van der Waals surface area contributed by atoms with Crippen LogP contribution in [0.25, 0.3) is 0 Å². The topological polar surface area (TPSA) is 75.6 Å². The van der Waals surface area contributed by atoms with E-state index in [1.165, 1.54) is 10.8 Å². The second kappa shape index (κ2) is 10.1. The number of nitrogens with one attached hydrogen (secondary N) is 1. The summed E-state index contributed by atoms with van der Waals surface area (Å²) in [6.07, 6.45) is 1.74. The van der Waals surface area contributed by atoms with Crippen LogP contribution in [0.4, 0.5) is 0 Å². The van der Waals surface area contributed by atoms with Crippen LogP contribution in [-0.2, 0) is 14.3 Å². The molecule has 7 heteroatoms. The summed E-state index contributed by atoms with van der Waals surface area (Å²) < 4.78 is 5.63. The predicted molar refractivity (Wildman–Crippen MR) is 87.5 cm³/mol. The highest BCUT2D eigenvalue weighted by Gasteiger charge is 2.31. The van der Waals surface area contributed by atoms with Gasteiger partial charge >= 0.3 is 5.97 Å². The SMILES string of the molecule is C=C(C)[C@@H]1OCCC[C@H]1C(=O)NCCSSCCC(=O)O. The average molecular weight is 333 g/mol. The zero-order valence-corrected chi connectivity index (χ0v) is 13.9. The first-order valence-electron chi connectivity index (χ1n) is 7.03. The molecule has 120 valence electrons. The van der Waals surface area contributed by atoms with Gasteiger partial charge in [0.05, 0.1) is 18.4 Å². The Morgan fingerprint density at radius 1 is 1.38 bits per heavy atom. The molecule has 1 rings (SSSR count). The Hall–Kier alpha value is -0.660. The number of ether oxygens (including phenoxy) is 1. The Kier molecular flexibility index (Phi) is 8.87. The third-order valence-corrected chi connectivity index (χ3v) is 5.52. The molecule has 0 aliphatic carbocycles. The summed E-state index contributed by atoms with van der Waals surface area (Å²) >= 11 is 0. The van der Waals surface area contributed by atoms with E-state index < -0.39 is 5.97 Å². The third kappa shape index (κ3) is 7.24. The monoisotopic (exact) mass is 333 g/mol. The van der Waals surface area contributed by atoms with Crippen LogP contribution in [0.3, 0.4) is 0 Å². The van der Waals surface area contributed by atoms with Crippen molar-refractivity contribution in [3.63, 3.8) is 0 Å². The smallest absolute Gasteiger partial charge is 0.304 e. The van der Waals surface area contributed by atoms with Crippen molar-refractivity contribution in [3.05, 3.63) is 12.2 Å². The van der Waals surface area contributed by atoms with Gasteiger partial charge in [-0.25, -0.2) is 0 Å². The van der Waals surface area contributed by atoms with E-state index in [2.05, 4.69) is 11.9 Å². The third-order valence-electron chi connectivity index (χ3n) is 3.11. The van der Waals surface area contributed by atoms with E-state index in [1.54, 1.807) is 10.8 Å². The summed E-state index contributed by atoms with van der Waals surface area (Å²) in [4.78, 5) is 22.5. The van der Waals surface area contributed by atoms with Gasteiger partial charge in [0.25, 0.3) is 0 Å². The summed E-state index contributed by atoms with van der Waals surface area (Å²) in [5.41, 5.74) is 0.897. The van der Waals surface area contributed by atoms with Crippen molar-refractivity contribution in [3.8, 4) is 0 Å². The molecular formula is C14H23NO4S2. The first-order chi connectivity index (χ1) is 10.0. The fourth-order valence-corrected chi connectivity index (χ4v) is 4.02. The zero-order chi connectivity index (χ0) is 15.7. The lowest BCUT2D eigenvalue weighted by Gasteiger charge is -2.31. The first-order valence-corrected chi connectivity index (χ1v) is 9.52. The molecule has 1 amide bonds. The van der Waals surface area contributed by atoms with E-state index in [0.717, 1.165) is 24.2 Å². The Labute approximate surface area is 133 Å². The number of carboxylic acids is 1. The molecule has 0 aromatic carbocycles. The highest BCUT2D eigenvalue weighted by molar-refractivity contribution is 8.76. The number of hydrogen-bond acceptors (Lipinski definition) is 5. The molecule has 1 heterocycles. The predicted octanol–water partition coefficient (Wildman–Crippen LogP) is 2.33. The van der Waals surface area contributed by atoms with Crippen molar-refractivity contribution in [2.75, 3.05) is 24.7 Å². The van der Waals surface area contributed by atoms with E-state index in [-0.39, 0.29) is 24.3 Å². The standard InChI is InChI=1S/C14H23NO4S2/c1-10(2)13-11(4-3-7-19-13)14(18)15-6-9-21-20-8-5-12(16)17/h11,13H,1,3-9H2,2H3,(H,15,18)(H,16,17)/t11-,13+/m1/s1. The summed E-state index contributed by atoms with van der Waals surface area (Å²) in [6.45, 7) is 7.07. The van der Waals surface area contributed by atoms with Gasteiger partial charge in [0.15, 0.2) is 0 Å². The molecule has 1 fully saturated rings. The molecule has 0 aromatic heterocycles. The number of carbonyl (C=O) groups is 2. The van der Waals surface area contributed by atoms with Crippen LogP contribution in [0.2, 0.25) is 0 Å². The normalized spacial score (nSPS) is 21.8. The van der Waals surface area contributed by atoms with E-state index in [1.807, 2.05) is 6.92 Å². The van der Waals surface area contributed by atoms with Gasteiger partial charge in [-0.05, 0) is 19.8 Å². The molecular weight excluding hydrogens is 310 g/mol. The highest BCUT2D eigenvalue weighted by atomic mass is 33.1. The van der Waals surface area contributed by atoms with E-state index in [9.17, 15) is 9.59 Å². The molecule has 0 bridgehead atoms. The van der Waals surface area contributed by atoms with Crippen LogP contribution in [-0.4, -0.2) is 47.7 Å². The number of carboxylic acid groups (broad SMARTS) is 1. The minimum Gasteiger partial charge on any atom is -0.481 e. The molecule has 0 saturated carbocycles. The van der Waals surface area contributed by atoms with Gasteiger partial charge in [-0.3, -0.25) is 9.59 Å². The second-order valence-corrected chi connectivity index (χ2v) is 7.67. The van der Waals surface area contributed by atoms with E-state index in [0.29, 0.717) is 18.9 Å². The number of rotatable bonds is 9. The van der Waals surface area contributed by atoms with Crippen LogP contribution < -0.4 is 5.32 Å². The van der Waals surface area contributed by atoms with Gasteiger partial charge in [0, 0.05) is 24.7 Å². The maximum Gasteiger partial charge on any atom is 0.304 e. The first kappa shape index (κ1) is 18.4. The molecule has 5 nitrogen and oxygen atoms in total. The van der Waals surface area contributed by atoms with Crippen molar-refractivity contribution < 1.29 is 19.4 Å². The van der Waals surface area contributed by atoms with Crippen molar-refractivity contribution in [1.29, 1.82) is 0 Å². The maximum absolute atomic E-state index is 12.2. The number of hydrogen-bond donors (Lipinski definition) is 2. The van der Waals surface area contributed by atoms with Gasteiger partial charge in [0.1, 0.15) is 0 Å². The molecule has 0 aromatic rings. The number of amides is 1. The largest absolute Gasteiger partial charge is 0.481 e. The second-order valence-electron chi connectivity index (χ2n) is 4.97. The fraction of sp³-hybridized carbons (Fsp3) is 0.714. The van der Waals surface area contributed by atoms with Gasteiger partial charge in [0.2, 0.25) is 5.91 Å². The molecule has 1 saturated heterocycles. The molecule has 2 N–H and O–H groups in total. The zero-order valence-electron chi connectivity index (χ0n) is 12.3. The molecule has 21 heavy (non-hydrogen) atoms. The van der Waals surface area contributed by atoms with Gasteiger partial charge in [-0.2, -0.15) is 0 Å². The number of aliphatic carboxylic acids is 1. The van der Waals surface area contributed by atoms with Crippen molar-refractivity contribution in [2.24, 2.45) is 5.92 Å². The van der Waals surface area contributed by atoms with E-state index >= 15 is 0 Å². The van der Waals surface area contributed by atoms with Crippen LogP contribution in [0.15, 0.2) is 12.2 Å². The van der Waals surface area contributed by atoms with Crippen LogP contribution >= 0.6 is 21.6 Å². The Balaban J connectivity index is 2.17. The highest BCUT2D eigenvalue weighted by Crippen LogP contribution is 2.26. The lowest BCUT2D eigenvalue weighted by molar-refractivity contribution is -0.136. The summed E-state index contributed by atoms with van der Waals surface area (Å²) in [5, 5.41) is 11.4. The molecule has 0 spiro atoms. The molecule has 2 atom stereocenters. The molecule has 1 aliphatic rings. The minimum absolute atomic E-state index is 0.0267. The van der Waals surface area contributed by atoms with Crippen molar-refractivity contribution in [1.82, 2.24) is 5.32 Å². The summed E-state index contributed by atoms with van der Waals surface area (Å²) in [7, 11) is 3.10. The Bertz CT molecular complexity index is 376. The summed E-state index contributed by atoms with van der Waals surface area (Å²) in [6, 6.07) is 0. The average Bonchev–Trinajstić information content (AvgIpc) is 2.45. The number of carbonyl (C=O) groups excluding carboxylic acids is 1. The van der Waals surface area contributed by atoms with Gasteiger partial charge in [-0.1, -0.05) is 33.7 Å². The van der Waals surface area contributed by atoms with Crippen LogP contribution in [0.1, 0.15) is 26.2 Å². The fourth-order valence-electron chi connectivity index (χ4n) is 2.13. The van der Waals surface area contributed by atoms with Crippen LogP contribution in [0.5, 0.6) is 0 Å². The van der Waals surface area contributed by atoms with E-state index in [4.69, 9.17) is 9.84 Å². The minimum atomic E-state index is -0.778. The van der Waals surface area contributed by atoms with Gasteiger partial charge < -0.3 is 15.2 Å². The van der Waals surface area contributed by atoms with Crippen LogP contribution in [0, 0.1) is 5.92 Å². The lowest BCUT2D eigenvalue weighted by Crippen LogP contribution is -2.42. The quantitative estimate of drug-likeness (QED) is 0.383. The van der Waals surface area contributed by atoms with Gasteiger partial charge in [-0.15, -0.1) is 0 Å². The Morgan fingerprint density at radius 2 is 2.10 bits per heavy atom. The van der Waals surface area contributed by atoms with Crippen molar-refractivity contribution in [2.45, 2.75) is 32.3 Å².